The van der Waals surface area contributed by atoms with Crippen LogP contribution in [0.5, 0.6) is 0 Å². The number of hydrogen-bond acceptors (Lipinski definition) is 2. The molecule has 2 aliphatic heterocycles. The summed E-state index contributed by atoms with van der Waals surface area (Å²) in [6.45, 7) is 10.4. The fourth-order valence-electron chi connectivity index (χ4n) is 7.33. The van der Waals surface area contributed by atoms with E-state index in [0.717, 1.165) is 29.8 Å². The number of fused-ring (bicyclic) bond motifs is 2. The highest BCUT2D eigenvalue weighted by atomic mass is 15.3. The van der Waals surface area contributed by atoms with Crippen molar-refractivity contribution < 1.29 is 0 Å². The van der Waals surface area contributed by atoms with Gasteiger partial charge >= 0.3 is 0 Å². The molecule has 2 saturated carbocycles. The van der Waals surface area contributed by atoms with Gasteiger partial charge in [0.05, 0.1) is 0 Å². The van der Waals surface area contributed by atoms with E-state index >= 15 is 0 Å². The minimum Gasteiger partial charge on any atom is -0.298 e. The summed E-state index contributed by atoms with van der Waals surface area (Å²) in [6, 6.07) is 1.74. The van der Waals surface area contributed by atoms with E-state index in [0.29, 0.717) is 5.41 Å². The van der Waals surface area contributed by atoms with E-state index in [2.05, 4.69) is 29.7 Å². The van der Waals surface area contributed by atoms with Gasteiger partial charge in [0.2, 0.25) is 0 Å². The Labute approximate surface area is 155 Å². The van der Waals surface area contributed by atoms with Gasteiger partial charge < -0.3 is 0 Å². The van der Waals surface area contributed by atoms with Crippen molar-refractivity contribution in [2.75, 3.05) is 26.2 Å². The van der Waals surface area contributed by atoms with E-state index in [-0.39, 0.29) is 0 Å². The van der Waals surface area contributed by atoms with Gasteiger partial charge in [-0.15, -0.1) is 0 Å². The third-order valence-corrected chi connectivity index (χ3v) is 9.01. The van der Waals surface area contributed by atoms with Gasteiger partial charge in [0.25, 0.3) is 0 Å². The monoisotopic (exact) mass is 342 g/mol. The average Bonchev–Trinajstić information content (AvgIpc) is 3.11. The highest BCUT2D eigenvalue weighted by molar-refractivity contribution is 5.25. The number of allylic oxidation sites excluding steroid dienone is 1. The van der Waals surface area contributed by atoms with Crippen molar-refractivity contribution in [1.29, 1.82) is 0 Å². The van der Waals surface area contributed by atoms with Crippen LogP contribution in [-0.4, -0.2) is 48.1 Å². The molecule has 4 fully saturated rings. The first-order valence-corrected chi connectivity index (χ1v) is 11.3. The van der Waals surface area contributed by atoms with E-state index in [1.165, 1.54) is 84.0 Å². The molecule has 4 atom stereocenters. The van der Waals surface area contributed by atoms with Crippen molar-refractivity contribution in [3.05, 3.63) is 11.6 Å². The molecule has 6 aliphatic rings. The maximum absolute atomic E-state index is 2.98. The van der Waals surface area contributed by atoms with Crippen LogP contribution in [0.25, 0.3) is 0 Å². The Hall–Kier alpha value is -0.340. The van der Waals surface area contributed by atoms with Crippen LogP contribution in [0.2, 0.25) is 0 Å². The maximum atomic E-state index is 2.98. The molecule has 0 aromatic rings. The molecule has 6 rings (SSSR count). The zero-order valence-electron chi connectivity index (χ0n) is 16.6. The maximum Gasteiger partial charge on any atom is 0.0283 e. The topological polar surface area (TPSA) is 6.48 Å². The molecule has 0 amide bonds. The van der Waals surface area contributed by atoms with Gasteiger partial charge in [0.1, 0.15) is 0 Å². The lowest BCUT2D eigenvalue weighted by Crippen LogP contribution is -2.61. The normalized spacial score (nSPS) is 41.9. The van der Waals surface area contributed by atoms with Crippen LogP contribution in [0.15, 0.2) is 11.6 Å². The summed E-state index contributed by atoms with van der Waals surface area (Å²) in [5, 5.41) is 0. The zero-order valence-corrected chi connectivity index (χ0v) is 16.6. The van der Waals surface area contributed by atoms with Crippen molar-refractivity contribution in [3.63, 3.8) is 0 Å². The molecule has 2 saturated heterocycles. The first kappa shape index (κ1) is 16.8. The smallest absolute Gasteiger partial charge is 0.0283 e. The number of rotatable bonds is 3. The second-order valence-electron chi connectivity index (χ2n) is 10.4. The van der Waals surface area contributed by atoms with Gasteiger partial charge in [-0.25, -0.2) is 0 Å². The highest BCUT2D eigenvalue weighted by Crippen LogP contribution is 2.59. The van der Waals surface area contributed by atoms with Crippen LogP contribution in [0.4, 0.5) is 0 Å². The Morgan fingerprint density at radius 2 is 1.84 bits per heavy atom. The molecule has 4 aliphatic carbocycles. The Kier molecular flexibility index (Phi) is 4.28. The lowest BCUT2D eigenvalue weighted by atomic mass is 9.49. The van der Waals surface area contributed by atoms with Crippen LogP contribution in [0.1, 0.15) is 71.6 Å². The summed E-state index contributed by atoms with van der Waals surface area (Å²) in [7, 11) is 0. The molecule has 140 valence electrons. The second kappa shape index (κ2) is 6.37. The summed E-state index contributed by atoms with van der Waals surface area (Å²) < 4.78 is 0. The van der Waals surface area contributed by atoms with E-state index in [4.69, 9.17) is 0 Å². The molecular weight excluding hydrogens is 304 g/mol. The molecule has 0 N–H and O–H groups in total. The molecule has 2 heterocycles. The lowest BCUT2D eigenvalue weighted by Gasteiger charge is -2.58. The van der Waals surface area contributed by atoms with Crippen LogP contribution < -0.4 is 0 Å². The van der Waals surface area contributed by atoms with E-state index in [1.807, 2.05) is 5.57 Å². The zero-order chi connectivity index (χ0) is 17.0. The van der Waals surface area contributed by atoms with Gasteiger partial charge in [-0.3, -0.25) is 9.80 Å². The average molecular weight is 343 g/mol. The van der Waals surface area contributed by atoms with Crippen LogP contribution >= 0.6 is 0 Å². The first-order chi connectivity index (χ1) is 12.1. The minimum atomic E-state index is 0.583. The minimum absolute atomic E-state index is 0.583. The molecule has 25 heavy (non-hydrogen) atoms. The Morgan fingerprint density at radius 3 is 2.60 bits per heavy atom. The number of piperazine rings is 1. The third-order valence-electron chi connectivity index (χ3n) is 9.01. The van der Waals surface area contributed by atoms with Crippen molar-refractivity contribution in [3.8, 4) is 0 Å². The SMILES string of the molecule is CC1(C)[C@H]2CC=C(CN3CCN4CCC[C@H]4[C@H]3C3CCCCC3)[C@H]1C2. The predicted octanol–water partition coefficient (Wildman–Crippen LogP) is 4.71. The number of nitrogens with zero attached hydrogens (tertiary/aromatic N) is 2. The highest BCUT2D eigenvalue weighted by Gasteiger charge is 2.52. The van der Waals surface area contributed by atoms with Gasteiger partial charge in [-0.05, 0) is 68.2 Å². The molecule has 0 aromatic heterocycles. The third kappa shape index (κ3) is 2.74. The summed E-state index contributed by atoms with van der Waals surface area (Å²) in [4.78, 5) is 5.83. The summed E-state index contributed by atoms with van der Waals surface area (Å²) >= 11 is 0. The van der Waals surface area contributed by atoms with Crippen molar-refractivity contribution >= 4 is 0 Å². The van der Waals surface area contributed by atoms with Gasteiger partial charge in [0, 0.05) is 31.7 Å². The van der Waals surface area contributed by atoms with E-state index in [1.54, 1.807) is 0 Å². The molecular formula is C23H38N2. The van der Waals surface area contributed by atoms with E-state index in [9.17, 15) is 0 Å². The van der Waals surface area contributed by atoms with Crippen molar-refractivity contribution in [2.45, 2.75) is 83.7 Å². The van der Waals surface area contributed by atoms with Gasteiger partial charge in [-0.1, -0.05) is 44.8 Å². The Morgan fingerprint density at radius 1 is 1.00 bits per heavy atom. The molecule has 2 bridgehead atoms. The Bertz CT molecular complexity index is 530. The number of hydrogen-bond donors (Lipinski definition) is 0. The standard InChI is InChI=1S/C23H38N2/c1-23(2)19-11-10-18(20(23)15-19)16-25-14-13-24-12-6-9-21(24)22(25)17-7-4-3-5-8-17/h10,17,19-22H,3-9,11-16H2,1-2H3/t19-,20+,21-,22+/m0/s1. The quantitative estimate of drug-likeness (QED) is 0.686. The largest absolute Gasteiger partial charge is 0.298 e. The predicted molar refractivity (Wildman–Crippen MR) is 105 cm³/mol. The molecule has 0 unspecified atom stereocenters. The van der Waals surface area contributed by atoms with Crippen molar-refractivity contribution in [2.24, 2.45) is 23.2 Å². The summed E-state index contributed by atoms with van der Waals surface area (Å²) in [5.74, 6) is 2.84. The van der Waals surface area contributed by atoms with Crippen molar-refractivity contribution in [1.82, 2.24) is 9.80 Å². The van der Waals surface area contributed by atoms with Gasteiger partial charge in [-0.2, -0.15) is 0 Å². The van der Waals surface area contributed by atoms with E-state index < -0.39 is 0 Å². The second-order valence-corrected chi connectivity index (χ2v) is 10.4. The molecule has 2 heteroatoms. The fraction of sp³-hybridized carbons (Fsp3) is 0.913. The van der Waals surface area contributed by atoms with Gasteiger partial charge in [0.15, 0.2) is 0 Å². The lowest BCUT2D eigenvalue weighted by molar-refractivity contribution is -0.0268. The van der Waals surface area contributed by atoms with Crippen LogP contribution in [-0.2, 0) is 0 Å². The van der Waals surface area contributed by atoms with Crippen LogP contribution in [0, 0.1) is 23.2 Å². The molecule has 0 aromatic carbocycles. The molecule has 0 spiro atoms. The fourth-order valence-corrected chi connectivity index (χ4v) is 7.33. The first-order valence-electron chi connectivity index (χ1n) is 11.3. The molecule has 2 nitrogen and oxygen atoms in total. The Balaban J connectivity index is 1.36. The summed E-state index contributed by atoms with van der Waals surface area (Å²) in [6.07, 6.45) is 15.9. The summed E-state index contributed by atoms with van der Waals surface area (Å²) in [5.41, 5.74) is 2.40. The van der Waals surface area contributed by atoms with Crippen LogP contribution in [0.3, 0.4) is 0 Å². The molecule has 0 radical (unpaired) electrons.